The number of hydrogen-bond acceptors (Lipinski definition) is 4. The van der Waals surface area contributed by atoms with Crippen molar-refractivity contribution in [3.8, 4) is 5.75 Å². The molecule has 0 radical (unpaired) electrons. The van der Waals surface area contributed by atoms with Crippen LogP contribution in [0.15, 0.2) is 48.5 Å². The van der Waals surface area contributed by atoms with Crippen molar-refractivity contribution in [1.82, 2.24) is 10.8 Å². The van der Waals surface area contributed by atoms with E-state index in [1.54, 1.807) is 12.1 Å². The molecule has 0 saturated carbocycles. The fourth-order valence-electron chi connectivity index (χ4n) is 2.07. The second kappa shape index (κ2) is 9.29. The van der Waals surface area contributed by atoms with E-state index in [0.29, 0.717) is 11.4 Å². The van der Waals surface area contributed by atoms with Gasteiger partial charge in [-0.3, -0.25) is 9.63 Å². The zero-order valence-electron chi connectivity index (χ0n) is 14.2. The Morgan fingerprint density at radius 2 is 1.84 bits per heavy atom. The minimum absolute atomic E-state index is 0.197. The first-order valence-corrected chi connectivity index (χ1v) is 7.72. The van der Waals surface area contributed by atoms with Crippen LogP contribution < -0.4 is 20.9 Å². The molecule has 2 rings (SSSR count). The van der Waals surface area contributed by atoms with Crippen molar-refractivity contribution in [3.63, 3.8) is 0 Å². The number of methoxy groups -OCH3 is 1. The molecule has 3 N–H and O–H groups in total. The van der Waals surface area contributed by atoms with Crippen molar-refractivity contribution in [2.75, 3.05) is 19.0 Å². The molecule has 0 saturated heterocycles. The first-order chi connectivity index (χ1) is 12.1. The fraction of sp³-hybridized carbons (Fsp3) is 0.222. The number of benzene rings is 2. The molecule has 0 spiro atoms. The summed E-state index contributed by atoms with van der Waals surface area (Å²) in [5.41, 5.74) is 4.68. The van der Waals surface area contributed by atoms with Crippen molar-refractivity contribution in [2.45, 2.75) is 13.5 Å². The molecule has 0 fully saturated rings. The third kappa shape index (κ3) is 6.15. The van der Waals surface area contributed by atoms with E-state index >= 15 is 0 Å². The molecule has 25 heavy (non-hydrogen) atoms. The summed E-state index contributed by atoms with van der Waals surface area (Å²) in [5, 5.41) is 5.11. The van der Waals surface area contributed by atoms with Crippen LogP contribution in [0.2, 0.25) is 0 Å². The minimum Gasteiger partial charge on any atom is -0.495 e. The second-order valence-corrected chi connectivity index (χ2v) is 5.31. The lowest BCUT2D eigenvalue weighted by Crippen LogP contribution is -2.39. The van der Waals surface area contributed by atoms with Gasteiger partial charge in [-0.05, 0) is 30.2 Å². The van der Waals surface area contributed by atoms with E-state index in [4.69, 9.17) is 9.57 Å². The van der Waals surface area contributed by atoms with Gasteiger partial charge in [0.15, 0.2) is 0 Å². The van der Waals surface area contributed by atoms with Crippen molar-refractivity contribution < 1.29 is 19.2 Å². The number of aryl methyl sites for hydroxylation is 1. The summed E-state index contributed by atoms with van der Waals surface area (Å²) in [7, 11) is 1.52. The third-order valence-corrected chi connectivity index (χ3v) is 3.29. The average Bonchev–Trinajstić information content (AvgIpc) is 2.61. The highest BCUT2D eigenvalue weighted by atomic mass is 16.7. The maximum atomic E-state index is 11.9. The molecule has 7 nitrogen and oxygen atoms in total. The number of nitrogens with one attached hydrogen (secondary N) is 3. The average molecular weight is 343 g/mol. The number of anilines is 1. The normalized spacial score (nSPS) is 10.0. The molecule has 0 unspecified atom stereocenters. The third-order valence-electron chi connectivity index (χ3n) is 3.29. The van der Waals surface area contributed by atoms with E-state index in [1.807, 2.05) is 43.3 Å². The molecule has 0 atom stereocenters. The summed E-state index contributed by atoms with van der Waals surface area (Å²) >= 11 is 0. The van der Waals surface area contributed by atoms with Gasteiger partial charge in [-0.15, -0.1) is 0 Å². The Balaban J connectivity index is 1.72. The number of carbonyl (C=O) groups is 2. The van der Waals surface area contributed by atoms with Crippen molar-refractivity contribution in [1.29, 1.82) is 0 Å². The Morgan fingerprint density at radius 3 is 2.56 bits per heavy atom. The van der Waals surface area contributed by atoms with Gasteiger partial charge in [-0.25, -0.2) is 10.3 Å². The summed E-state index contributed by atoms with van der Waals surface area (Å²) in [4.78, 5) is 28.6. The number of carbonyl (C=O) groups excluding carboxylic acids is 2. The Morgan fingerprint density at radius 1 is 1.08 bits per heavy atom. The molecule has 0 bridgehead atoms. The van der Waals surface area contributed by atoms with Gasteiger partial charge in [-0.2, -0.15) is 0 Å². The number of urea groups is 1. The van der Waals surface area contributed by atoms with Gasteiger partial charge in [0.2, 0.25) is 5.91 Å². The Hall–Kier alpha value is -3.06. The largest absolute Gasteiger partial charge is 0.495 e. The first kappa shape index (κ1) is 18.3. The van der Waals surface area contributed by atoms with Crippen molar-refractivity contribution >= 4 is 17.6 Å². The quantitative estimate of drug-likeness (QED) is 0.674. The van der Waals surface area contributed by atoms with Crippen LogP contribution in [-0.4, -0.2) is 25.6 Å². The van der Waals surface area contributed by atoms with Crippen LogP contribution in [0.3, 0.4) is 0 Å². The zero-order valence-corrected chi connectivity index (χ0v) is 14.2. The van der Waals surface area contributed by atoms with Crippen LogP contribution in [0.25, 0.3) is 0 Å². The van der Waals surface area contributed by atoms with Crippen molar-refractivity contribution in [2.24, 2.45) is 0 Å². The second-order valence-electron chi connectivity index (χ2n) is 5.31. The predicted molar refractivity (Wildman–Crippen MR) is 94.1 cm³/mol. The summed E-state index contributed by atoms with van der Waals surface area (Å²) in [6.45, 7) is 1.95. The van der Waals surface area contributed by atoms with Gasteiger partial charge >= 0.3 is 6.03 Å². The number of hydrogen-bond donors (Lipinski definition) is 3. The maximum absolute atomic E-state index is 11.9. The van der Waals surface area contributed by atoms with Gasteiger partial charge in [-0.1, -0.05) is 36.4 Å². The fourth-order valence-corrected chi connectivity index (χ4v) is 2.07. The highest BCUT2D eigenvalue weighted by molar-refractivity contribution is 5.95. The van der Waals surface area contributed by atoms with E-state index in [0.717, 1.165) is 11.1 Å². The Bertz CT molecular complexity index is 720. The number of hydroxylamine groups is 1. The molecule has 2 aromatic carbocycles. The molecule has 0 aromatic heterocycles. The van der Waals surface area contributed by atoms with E-state index in [-0.39, 0.29) is 19.1 Å². The van der Waals surface area contributed by atoms with Crippen LogP contribution >= 0.6 is 0 Å². The zero-order chi connectivity index (χ0) is 18.1. The van der Waals surface area contributed by atoms with Crippen LogP contribution in [0.5, 0.6) is 5.75 Å². The lowest BCUT2D eigenvalue weighted by molar-refractivity contribution is -0.115. The Labute approximate surface area is 146 Å². The summed E-state index contributed by atoms with van der Waals surface area (Å²) in [5.74, 6) is 0.178. The smallest absolute Gasteiger partial charge is 0.339 e. The van der Waals surface area contributed by atoms with Gasteiger partial charge in [0.05, 0.1) is 25.9 Å². The minimum atomic E-state index is -0.595. The lowest BCUT2D eigenvalue weighted by Gasteiger charge is -2.12. The molecule has 0 aliphatic carbocycles. The lowest BCUT2D eigenvalue weighted by atomic mass is 10.2. The molecule has 132 valence electrons. The highest BCUT2D eigenvalue weighted by Crippen LogP contribution is 2.24. The molecule has 3 amide bonds. The van der Waals surface area contributed by atoms with E-state index in [9.17, 15) is 9.59 Å². The number of amides is 3. The highest BCUT2D eigenvalue weighted by Gasteiger charge is 2.09. The molecule has 7 heteroatoms. The van der Waals surface area contributed by atoms with Gasteiger partial charge < -0.3 is 15.4 Å². The van der Waals surface area contributed by atoms with E-state index < -0.39 is 6.03 Å². The first-order valence-electron chi connectivity index (χ1n) is 7.72. The molecular weight excluding hydrogens is 322 g/mol. The standard InChI is InChI=1S/C18H21N3O4/c1-13-8-9-16(24-2)15(10-13)20-17(22)11-19-18(23)21-25-12-14-6-4-3-5-7-14/h3-10H,11-12H2,1-2H3,(H,20,22)(H2,19,21,23). The molecule has 0 aliphatic rings. The molecular formula is C18H21N3O4. The summed E-state index contributed by atoms with van der Waals surface area (Å²) in [6.07, 6.45) is 0. The van der Waals surface area contributed by atoms with E-state index in [1.165, 1.54) is 7.11 Å². The molecule has 0 heterocycles. The molecule has 2 aromatic rings. The topological polar surface area (TPSA) is 88.7 Å². The van der Waals surface area contributed by atoms with Gasteiger partial charge in [0.25, 0.3) is 0 Å². The SMILES string of the molecule is COc1ccc(C)cc1NC(=O)CNC(=O)NOCc1ccccc1. The molecule has 0 aliphatic heterocycles. The van der Waals surface area contributed by atoms with Crippen molar-refractivity contribution in [3.05, 3.63) is 59.7 Å². The summed E-state index contributed by atoms with van der Waals surface area (Å²) < 4.78 is 5.19. The van der Waals surface area contributed by atoms with Crippen LogP contribution in [0.1, 0.15) is 11.1 Å². The van der Waals surface area contributed by atoms with E-state index in [2.05, 4.69) is 16.1 Å². The number of ether oxygens (including phenoxy) is 1. The predicted octanol–water partition coefficient (Wildman–Crippen LogP) is 2.37. The number of rotatable bonds is 7. The maximum Gasteiger partial charge on any atom is 0.339 e. The van der Waals surface area contributed by atoms with Crippen LogP contribution in [0.4, 0.5) is 10.5 Å². The monoisotopic (exact) mass is 343 g/mol. The summed E-state index contributed by atoms with van der Waals surface area (Å²) in [6, 6.07) is 14.2. The van der Waals surface area contributed by atoms with Gasteiger partial charge in [0.1, 0.15) is 5.75 Å². The Kier molecular flexibility index (Phi) is 6.79. The van der Waals surface area contributed by atoms with Crippen LogP contribution in [0, 0.1) is 6.92 Å². The van der Waals surface area contributed by atoms with Gasteiger partial charge in [0, 0.05) is 0 Å². The van der Waals surface area contributed by atoms with Crippen LogP contribution in [-0.2, 0) is 16.2 Å².